The molecular weight excluding hydrogens is 424 g/mol. The molecule has 4 aromatic rings. The third-order valence-corrected chi connectivity index (χ3v) is 6.43. The summed E-state index contributed by atoms with van der Waals surface area (Å²) in [4.78, 5) is 32.7. The number of aryl methyl sites for hydroxylation is 1. The molecule has 0 radical (unpaired) electrons. The van der Waals surface area contributed by atoms with Crippen LogP contribution in [0.4, 0.5) is 11.4 Å². The van der Waals surface area contributed by atoms with E-state index in [0.29, 0.717) is 23.7 Å². The molecule has 0 bridgehead atoms. The zero-order valence-corrected chi connectivity index (χ0v) is 18.6. The molecule has 3 heterocycles. The number of imidazole rings is 1. The fourth-order valence-corrected chi connectivity index (χ4v) is 4.66. The van der Waals surface area contributed by atoms with E-state index in [1.54, 1.807) is 23.3 Å². The summed E-state index contributed by atoms with van der Waals surface area (Å²) >= 11 is 1.59. The van der Waals surface area contributed by atoms with Crippen molar-refractivity contribution in [3.8, 4) is 17.0 Å². The van der Waals surface area contributed by atoms with Gasteiger partial charge >= 0.3 is 0 Å². The van der Waals surface area contributed by atoms with E-state index in [0.717, 1.165) is 21.8 Å². The molecule has 32 heavy (non-hydrogen) atoms. The molecule has 8 heteroatoms. The molecule has 1 fully saturated rings. The van der Waals surface area contributed by atoms with Gasteiger partial charge in [0.05, 0.1) is 24.4 Å². The second-order valence-corrected chi connectivity index (χ2v) is 8.74. The number of nitrogens with one attached hydrogen (secondary N) is 1. The number of thiazole rings is 1. The first-order chi connectivity index (χ1) is 15.5. The maximum Gasteiger partial charge on any atom is 0.229 e. The standard InChI is InChI=1S/C24H22N4O3S/c1-15-3-8-21(31-2)20(11-15)28-13-17(12-22(28)29)23(30)25-18-6-4-16(5-7-18)19-14-27-9-10-32-24(27)26-19/h3-11,14,17H,12-13H2,1-2H3,(H,25,30)/t17-/m1/s1. The van der Waals surface area contributed by atoms with Crippen molar-refractivity contribution in [2.75, 3.05) is 23.9 Å². The summed E-state index contributed by atoms with van der Waals surface area (Å²) in [6.45, 7) is 2.29. The second kappa shape index (κ2) is 8.12. The highest BCUT2D eigenvalue weighted by molar-refractivity contribution is 7.15. The van der Waals surface area contributed by atoms with E-state index in [2.05, 4.69) is 10.3 Å². The van der Waals surface area contributed by atoms with Gasteiger partial charge in [-0.2, -0.15) is 0 Å². The molecule has 1 saturated heterocycles. The van der Waals surface area contributed by atoms with Crippen LogP contribution in [0.1, 0.15) is 12.0 Å². The molecule has 7 nitrogen and oxygen atoms in total. The molecule has 1 atom stereocenters. The van der Waals surface area contributed by atoms with E-state index < -0.39 is 5.92 Å². The number of hydrogen-bond donors (Lipinski definition) is 1. The van der Waals surface area contributed by atoms with Gasteiger partial charge in [0.15, 0.2) is 4.96 Å². The number of amides is 2. The van der Waals surface area contributed by atoms with Crippen molar-refractivity contribution in [3.05, 3.63) is 65.8 Å². The van der Waals surface area contributed by atoms with Crippen LogP contribution in [-0.4, -0.2) is 34.9 Å². The Morgan fingerprint density at radius 2 is 2.03 bits per heavy atom. The molecule has 1 N–H and O–H groups in total. The van der Waals surface area contributed by atoms with Crippen LogP contribution in [0.3, 0.4) is 0 Å². The molecule has 0 aliphatic carbocycles. The Morgan fingerprint density at radius 1 is 1.22 bits per heavy atom. The lowest BCUT2D eigenvalue weighted by Gasteiger charge is -2.20. The van der Waals surface area contributed by atoms with Gasteiger partial charge in [-0.05, 0) is 36.8 Å². The third kappa shape index (κ3) is 3.73. The molecule has 2 aromatic carbocycles. The number of benzene rings is 2. The smallest absolute Gasteiger partial charge is 0.229 e. The van der Waals surface area contributed by atoms with E-state index in [9.17, 15) is 9.59 Å². The Hall–Kier alpha value is -3.65. The fraction of sp³-hybridized carbons (Fsp3) is 0.208. The SMILES string of the molecule is COc1ccc(C)cc1N1C[C@H](C(=O)Nc2ccc(-c3cn4ccsc4n3)cc2)CC1=O. The lowest BCUT2D eigenvalue weighted by Crippen LogP contribution is -2.28. The van der Waals surface area contributed by atoms with Crippen LogP contribution in [0.5, 0.6) is 5.75 Å². The zero-order valence-electron chi connectivity index (χ0n) is 17.7. The number of nitrogens with zero attached hydrogens (tertiary/aromatic N) is 3. The minimum absolute atomic E-state index is 0.0795. The predicted octanol–water partition coefficient (Wildman–Crippen LogP) is 4.37. The lowest BCUT2D eigenvalue weighted by molar-refractivity contribution is -0.122. The average Bonchev–Trinajstić information content (AvgIpc) is 3.49. The van der Waals surface area contributed by atoms with Crippen molar-refractivity contribution < 1.29 is 14.3 Å². The van der Waals surface area contributed by atoms with Crippen molar-refractivity contribution in [1.29, 1.82) is 0 Å². The summed E-state index contributed by atoms with van der Waals surface area (Å²) in [5, 5.41) is 4.94. The number of anilines is 2. The summed E-state index contributed by atoms with van der Waals surface area (Å²) in [6.07, 6.45) is 4.13. The topological polar surface area (TPSA) is 75.9 Å². The molecule has 0 unspecified atom stereocenters. The van der Waals surface area contributed by atoms with E-state index >= 15 is 0 Å². The van der Waals surface area contributed by atoms with Gasteiger partial charge in [-0.1, -0.05) is 18.2 Å². The molecular formula is C24H22N4O3S. The number of aromatic nitrogens is 2. The molecule has 0 spiro atoms. The quantitative estimate of drug-likeness (QED) is 0.494. The number of carbonyl (C=O) groups is 2. The van der Waals surface area contributed by atoms with E-state index in [4.69, 9.17) is 4.74 Å². The van der Waals surface area contributed by atoms with Crippen molar-refractivity contribution in [3.63, 3.8) is 0 Å². The number of methoxy groups -OCH3 is 1. The Bertz CT molecular complexity index is 1280. The van der Waals surface area contributed by atoms with Gasteiger partial charge in [-0.3, -0.25) is 14.0 Å². The van der Waals surface area contributed by atoms with Crippen molar-refractivity contribution in [2.24, 2.45) is 5.92 Å². The fourth-order valence-electron chi connectivity index (χ4n) is 3.96. The van der Waals surface area contributed by atoms with E-state index in [1.165, 1.54) is 0 Å². The Balaban J connectivity index is 1.28. The number of fused-ring (bicyclic) bond motifs is 1. The molecule has 1 aliphatic heterocycles. The summed E-state index contributed by atoms with van der Waals surface area (Å²) in [7, 11) is 1.58. The van der Waals surface area contributed by atoms with Gasteiger partial charge in [0.2, 0.25) is 11.8 Å². The molecule has 1 aliphatic rings. The maximum absolute atomic E-state index is 12.9. The highest BCUT2D eigenvalue weighted by Gasteiger charge is 2.36. The minimum Gasteiger partial charge on any atom is -0.495 e. The van der Waals surface area contributed by atoms with Gasteiger partial charge in [0.25, 0.3) is 0 Å². The van der Waals surface area contributed by atoms with Gasteiger partial charge in [-0.15, -0.1) is 11.3 Å². The minimum atomic E-state index is -0.424. The lowest BCUT2D eigenvalue weighted by atomic mass is 10.1. The van der Waals surface area contributed by atoms with Crippen LogP contribution in [0, 0.1) is 12.8 Å². The number of ether oxygens (including phenoxy) is 1. The van der Waals surface area contributed by atoms with Gasteiger partial charge < -0.3 is 15.0 Å². The van der Waals surface area contributed by atoms with Gasteiger partial charge in [0.1, 0.15) is 5.75 Å². The third-order valence-electron chi connectivity index (χ3n) is 5.66. The van der Waals surface area contributed by atoms with Crippen LogP contribution in [0.2, 0.25) is 0 Å². The first kappa shape index (κ1) is 20.3. The zero-order chi connectivity index (χ0) is 22.2. The molecule has 162 valence electrons. The normalized spacial score (nSPS) is 16.0. The monoisotopic (exact) mass is 446 g/mol. The Kier molecular flexibility index (Phi) is 5.14. The van der Waals surface area contributed by atoms with Crippen LogP contribution in [-0.2, 0) is 9.59 Å². The number of hydrogen-bond acceptors (Lipinski definition) is 5. The Labute approximate surface area is 189 Å². The molecule has 2 amide bonds. The molecule has 5 rings (SSSR count). The summed E-state index contributed by atoms with van der Waals surface area (Å²) in [5.41, 5.74) is 4.29. The molecule has 0 saturated carbocycles. The van der Waals surface area contributed by atoms with E-state index in [-0.39, 0.29) is 18.2 Å². The van der Waals surface area contributed by atoms with Crippen molar-refractivity contribution in [2.45, 2.75) is 13.3 Å². The van der Waals surface area contributed by atoms with Gasteiger partial charge in [0, 0.05) is 42.0 Å². The maximum atomic E-state index is 12.9. The summed E-state index contributed by atoms with van der Waals surface area (Å²) < 4.78 is 7.40. The second-order valence-electron chi connectivity index (χ2n) is 7.87. The largest absolute Gasteiger partial charge is 0.495 e. The highest BCUT2D eigenvalue weighted by atomic mass is 32.1. The van der Waals surface area contributed by atoms with E-state index in [1.807, 2.05) is 71.6 Å². The van der Waals surface area contributed by atoms with Crippen LogP contribution in [0.25, 0.3) is 16.2 Å². The van der Waals surface area contributed by atoms with Crippen LogP contribution >= 0.6 is 11.3 Å². The van der Waals surface area contributed by atoms with Gasteiger partial charge in [-0.25, -0.2) is 4.98 Å². The summed E-state index contributed by atoms with van der Waals surface area (Å²) in [6, 6.07) is 13.3. The first-order valence-electron chi connectivity index (χ1n) is 10.3. The van der Waals surface area contributed by atoms with Crippen molar-refractivity contribution >= 4 is 39.5 Å². The Morgan fingerprint density at radius 3 is 2.78 bits per heavy atom. The van der Waals surface area contributed by atoms with Crippen LogP contribution < -0.4 is 15.0 Å². The number of rotatable bonds is 5. The predicted molar refractivity (Wildman–Crippen MR) is 125 cm³/mol. The highest BCUT2D eigenvalue weighted by Crippen LogP contribution is 2.34. The van der Waals surface area contributed by atoms with Crippen LogP contribution in [0.15, 0.2) is 60.2 Å². The van der Waals surface area contributed by atoms with Crippen molar-refractivity contribution in [1.82, 2.24) is 9.38 Å². The molecule has 2 aromatic heterocycles. The number of carbonyl (C=O) groups excluding carboxylic acids is 2. The summed E-state index contributed by atoms with van der Waals surface area (Å²) in [5.74, 6) is -0.0426. The first-order valence-corrected chi connectivity index (χ1v) is 11.2. The average molecular weight is 447 g/mol.